The van der Waals surface area contributed by atoms with Crippen LogP contribution in [-0.4, -0.2) is 59.5 Å². The first-order valence-electron chi connectivity index (χ1n) is 7.96. The van der Waals surface area contributed by atoms with E-state index in [1.165, 1.54) is 4.31 Å². The molecule has 1 aliphatic carbocycles. The van der Waals surface area contributed by atoms with Crippen molar-refractivity contribution in [3.05, 3.63) is 11.7 Å². The van der Waals surface area contributed by atoms with Gasteiger partial charge in [0.2, 0.25) is 10.0 Å². The van der Waals surface area contributed by atoms with Crippen LogP contribution in [0.3, 0.4) is 0 Å². The lowest BCUT2D eigenvalue weighted by Crippen LogP contribution is -2.36. The third-order valence-corrected chi connectivity index (χ3v) is 5.96. The molecule has 0 amide bonds. The van der Waals surface area contributed by atoms with Gasteiger partial charge >= 0.3 is 0 Å². The Morgan fingerprint density at radius 2 is 2.22 bits per heavy atom. The smallest absolute Gasteiger partial charge is 0.260 e. The molecule has 0 unspecified atom stereocenters. The highest BCUT2D eigenvalue weighted by Crippen LogP contribution is 2.40. The van der Waals surface area contributed by atoms with Crippen LogP contribution in [0.1, 0.15) is 50.7 Å². The molecule has 1 aromatic rings. The summed E-state index contributed by atoms with van der Waals surface area (Å²) in [4.78, 5) is 4.25. The Morgan fingerprint density at radius 1 is 1.48 bits per heavy atom. The Labute approximate surface area is 135 Å². The Kier molecular flexibility index (Phi) is 4.47. The Bertz CT molecular complexity index is 655. The number of β-amino-alcohol motifs (C(OH)–C–C–N with tert-alkyl or cyclic N) is 1. The quantitative estimate of drug-likeness (QED) is 0.771. The lowest BCUT2D eigenvalue weighted by Gasteiger charge is -2.20. The van der Waals surface area contributed by atoms with Crippen LogP contribution in [0.2, 0.25) is 0 Å². The molecular formula is C14H23N3O5S. The van der Waals surface area contributed by atoms with Crippen molar-refractivity contribution in [2.45, 2.75) is 50.7 Å². The largest absolute Gasteiger partial charge is 0.379 e. The molecule has 0 bridgehead atoms. The van der Waals surface area contributed by atoms with Crippen LogP contribution < -0.4 is 0 Å². The highest BCUT2D eigenvalue weighted by Gasteiger charge is 2.46. The number of sulfonamides is 1. The van der Waals surface area contributed by atoms with Gasteiger partial charge in [0, 0.05) is 18.9 Å². The first kappa shape index (κ1) is 16.8. The van der Waals surface area contributed by atoms with Crippen molar-refractivity contribution in [1.82, 2.24) is 14.4 Å². The molecule has 23 heavy (non-hydrogen) atoms. The van der Waals surface area contributed by atoms with Crippen LogP contribution in [0, 0.1) is 0 Å². The van der Waals surface area contributed by atoms with Gasteiger partial charge in [0.1, 0.15) is 0 Å². The minimum atomic E-state index is -3.47. The van der Waals surface area contributed by atoms with Gasteiger partial charge < -0.3 is 14.4 Å². The lowest BCUT2D eigenvalue weighted by molar-refractivity contribution is 0.0193. The van der Waals surface area contributed by atoms with Gasteiger partial charge in [-0.15, -0.1) is 0 Å². The fourth-order valence-electron chi connectivity index (χ4n) is 2.62. The second-order valence-electron chi connectivity index (χ2n) is 6.58. The minimum Gasteiger partial charge on any atom is -0.379 e. The summed E-state index contributed by atoms with van der Waals surface area (Å²) in [6.07, 6.45) is 2.31. The molecule has 9 heteroatoms. The second-order valence-corrected chi connectivity index (χ2v) is 8.67. The maximum atomic E-state index is 12.3. The number of hydrogen-bond acceptors (Lipinski definition) is 7. The van der Waals surface area contributed by atoms with Crippen LogP contribution >= 0.6 is 0 Å². The molecule has 1 saturated carbocycles. The van der Waals surface area contributed by atoms with E-state index in [4.69, 9.17) is 9.26 Å². The van der Waals surface area contributed by atoms with E-state index in [1.54, 1.807) is 0 Å². The van der Waals surface area contributed by atoms with E-state index in [9.17, 15) is 13.5 Å². The van der Waals surface area contributed by atoms with E-state index in [-0.39, 0.29) is 43.9 Å². The molecule has 2 heterocycles. The highest BCUT2D eigenvalue weighted by atomic mass is 32.2. The molecule has 0 aromatic carbocycles. The first-order chi connectivity index (χ1) is 10.8. The van der Waals surface area contributed by atoms with Crippen molar-refractivity contribution in [2.75, 3.05) is 25.4 Å². The fraction of sp³-hybridized carbons (Fsp3) is 0.857. The summed E-state index contributed by atoms with van der Waals surface area (Å²) < 4.78 is 36.4. The summed E-state index contributed by atoms with van der Waals surface area (Å²) in [5, 5.41) is 14.6. The number of aromatic nitrogens is 2. The predicted octanol–water partition coefficient (Wildman–Crippen LogP) is 0.595. The maximum absolute atomic E-state index is 12.3. The maximum Gasteiger partial charge on any atom is 0.260 e. The standard InChI is InChI=1S/C14H23N3O5S/c1-10(2)21-7-8-23(19,20)17-6-5-14(18,9-17)13-15-12(16-22-13)11-3-4-11/h10-11,18H,3-9H2,1-2H3/t14-/m0/s1. The molecule has 1 saturated heterocycles. The van der Waals surface area contributed by atoms with Crippen molar-refractivity contribution in [2.24, 2.45) is 0 Å². The summed E-state index contributed by atoms with van der Waals surface area (Å²) >= 11 is 0. The number of hydrogen-bond donors (Lipinski definition) is 1. The lowest BCUT2D eigenvalue weighted by atomic mass is 10.0. The summed E-state index contributed by atoms with van der Waals surface area (Å²) in [5.74, 6) is 0.958. The molecule has 1 atom stereocenters. The summed E-state index contributed by atoms with van der Waals surface area (Å²) in [6, 6.07) is 0. The van der Waals surface area contributed by atoms with E-state index >= 15 is 0 Å². The van der Waals surface area contributed by atoms with Crippen LogP contribution in [0.5, 0.6) is 0 Å². The topological polar surface area (TPSA) is 106 Å². The summed E-state index contributed by atoms with van der Waals surface area (Å²) in [6.45, 7) is 4.04. The molecule has 130 valence electrons. The average molecular weight is 345 g/mol. The van der Waals surface area contributed by atoms with Crippen molar-refractivity contribution >= 4 is 10.0 Å². The van der Waals surface area contributed by atoms with E-state index in [0.717, 1.165) is 12.8 Å². The van der Waals surface area contributed by atoms with Gasteiger partial charge in [0.15, 0.2) is 11.4 Å². The van der Waals surface area contributed by atoms with Gasteiger partial charge in [-0.3, -0.25) is 0 Å². The highest BCUT2D eigenvalue weighted by molar-refractivity contribution is 7.89. The zero-order chi connectivity index (χ0) is 16.7. The molecule has 0 spiro atoms. The molecule has 2 fully saturated rings. The minimum absolute atomic E-state index is 0.0139. The average Bonchev–Trinajstić information content (AvgIpc) is 3.03. The third kappa shape index (κ3) is 3.73. The van der Waals surface area contributed by atoms with Crippen molar-refractivity contribution in [3.63, 3.8) is 0 Å². The van der Waals surface area contributed by atoms with Gasteiger partial charge in [-0.2, -0.15) is 9.29 Å². The van der Waals surface area contributed by atoms with E-state index in [1.807, 2.05) is 13.8 Å². The SMILES string of the molecule is CC(C)OCCS(=O)(=O)N1CC[C@@](O)(c2nc(C3CC3)no2)C1. The van der Waals surface area contributed by atoms with E-state index in [2.05, 4.69) is 10.1 Å². The molecule has 2 aliphatic rings. The molecule has 1 aromatic heterocycles. The molecule has 8 nitrogen and oxygen atoms in total. The summed E-state index contributed by atoms with van der Waals surface area (Å²) in [7, 11) is -3.47. The zero-order valence-corrected chi connectivity index (χ0v) is 14.3. The first-order valence-corrected chi connectivity index (χ1v) is 9.57. The summed E-state index contributed by atoms with van der Waals surface area (Å²) in [5.41, 5.74) is -1.40. The van der Waals surface area contributed by atoms with Gasteiger partial charge in [-0.1, -0.05) is 5.16 Å². The predicted molar refractivity (Wildman–Crippen MR) is 81.2 cm³/mol. The Morgan fingerprint density at radius 3 is 2.87 bits per heavy atom. The molecule has 0 radical (unpaired) electrons. The van der Waals surface area contributed by atoms with Crippen molar-refractivity contribution in [3.8, 4) is 0 Å². The molecule has 1 N–H and O–H groups in total. The van der Waals surface area contributed by atoms with Crippen LogP contribution in [-0.2, 0) is 20.4 Å². The normalized spacial score (nSPS) is 26.3. The van der Waals surface area contributed by atoms with E-state index in [0.29, 0.717) is 11.7 Å². The third-order valence-electron chi connectivity index (χ3n) is 4.18. The van der Waals surface area contributed by atoms with Crippen molar-refractivity contribution < 1.29 is 22.8 Å². The van der Waals surface area contributed by atoms with Gasteiger partial charge in [0.05, 0.1) is 25.0 Å². The van der Waals surface area contributed by atoms with Crippen LogP contribution in [0.25, 0.3) is 0 Å². The second kappa shape index (κ2) is 6.12. The van der Waals surface area contributed by atoms with Gasteiger partial charge in [-0.05, 0) is 26.7 Å². The molecular weight excluding hydrogens is 322 g/mol. The van der Waals surface area contributed by atoms with Crippen LogP contribution in [0.15, 0.2) is 4.52 Å². The Balaban J connectivity index is 1.63. The van der Waals surface area contributed by atoms with Crippen LogP contribution in [0.4, 0.5) is 0 Å². The van der Waals surface area contributed by atoms with Gasteiger partial charge in [0.25, 0.3) is 5.89 Å². The number of nitrogens with zero attached hydrogens (tertiary/aromatic N) is 3. The Hall–Kier alpha value is -1.03. The monoisotopic (exact) mass is 345 g/mol. The molecule has 3 rings (SSSR count). The number of rotatable bonds is 7. The van der Waals surface area contributed by atoms with Crippen molar-refractivity contribution in [1.29, 1.82) is 0 Å². The number of ether oxygens (including phenoxy) is 1. The zero-order valence-electron chi connectivity index (χ0n) is 13.4. The number of aliphatic hydroxyl groups is 1. The molecule has 1 aliphatic heterocycles. The van der Waals surface area contributed by atoms with E-state index < -0.39 is 15.6 Å². The van der Waals surface area contributed by atoms with Gasteiger partial charge in [-0.25, -0.2) is 8.42 Å². The fourth-order valence-corrected chi connectivity index (χ4v) is 3.97.